The smallest absolute Gasteiger partial charge is 0.150 e. The zero-order chi connectivity index (χ0) is 10.5. The molecule has 76 valence electrons. The van der Waals surface area contributed by atoms with Crippen LogP contribution in [0.15, 0.2) is 52.0 Å². The number of rotatable bonds is 4. The van der Waals surface area contributed by atoms with Crippen molar-refractivity contribution in [2.45, 2.75) is 10.6 Å². The van der Waals surface area contributed by atoms with Gasteiger partial charge < -0.3 is 4.42 Å². The number of thioether (sulfide) groups is 1. The second-order valence-electron chi connectivity index (χ2n) is 3.05. The topological polar surface area (TPSA) is 30.2 Å². The van der Waals surface area contributed by atoms with Gasteiger partial charge in [0.25, 0.3) is 0 Å². The summed E-state index contributed by atoms with van der Waals surface area (Å²) in [5, 5.41) is 0. The van der Waals surface area contributed by atoms with Crippen molar-refractivity contribution in [2.24, 2.45) is 0 Å². The number of carbonyl (C=O) groups is 1. The van der Waals surface area contributed by atoms with Crippen LogP contribution in [0.5, 0.6) is 0 Å². The summed E-state index contributed by atoms with van der Waals surface area (Å²) in [6.07, 6.45) is 2.52. The number of hydrogen-bond donors (Lipinski definition) is 0. The Morgan fingerprint density at radius 2 is 2.00 bits per heavy atom. The van der Waals surface area contributed by atoms with Crippen molar-refractivity contribution in [1.29, 1.82) is 0 Å². The van der Waals surface area contributed by atoms with Gasteiger partial charge in [0.05, 0.1) is 12.0 Å². The predicted octanol–water partition coefficient (Wildman–Crippen LogP) is 3.38. The fourth-order valence-corrected chi connectivity index (χ4v) is 1.99. The third-order valence-electron chi connectivity index (χ3n) is 1.98. The molecule has 1 aromatic carbocycles. The summed E-state index contributed by atoms with van der Waals surface area (Å²) in [5.41, 5.74) is 0.706. The van der Waals surface area contributed by atoms with Crippen molar-refractivity contribution in [1.82, 2.24) is 0 Å². The van der Waals surface area contributed by atoms with Crippen LogP contribution in [0.3, 0.4) is 0 Å². The third-order valence-corrected chi connectivity index (χ3v) is 3.01. The Balaban J connectivity index is 1.96. The molecule has 0 fully saturated rings. The van der Waals surface area contributed by atoms with Gasteiger partial charge in [0.1, 0.15) is 12.0 Å². The lowest BCUT2D eigenvalue weighted by Gasteiger charge is -1.99. The normalized spacial score (nSPS) is 10.1. The summed E-state index contributed by atoms with van der Waals surface area (Å²) in [4.78, 5) is 11.6. The molecule has 15 heavy (non-hydrogen) atoms. The average molecular weight is 218 g/mol. The first-order valence-corrected chi connectivity index (χ1v) is 5.57. The van der Waals surface area contributed by atoms with E-state index in [1.807, 2.05) is 36.4 Å². The van der Waals surface area contributed by atoms with Gasteiger partial charge in [-0.1, -0.05) is 12.1 Å². The van der Waals surface area contributed by atoms with Crippen LogP contribution in [-0.4, -0.2) is 6.29 Å². The molecule has 0 bridgehead atoms. The molecule has 0 aliphatic heterocycles. The van der Waals surface area contributed by atoms with Crippen LogP contribution in [0.25, 0.3) is 0 Å². The lowest BCUT2D eigenvalue weighted by Crippen LogP contribution is -1.79. The number of carbonyl (C=O) groups excluding carboxylic acids is 1. The van der Waals surface area contributed by atoms with E-state index in [2.05, 4.69) is 0 Å². The number of aldehydes is 1. The van der Waals surface area contributed by atoms with Gasteiger partial charge in [0, 0.05) is 10.5 Å². The van der Waals surface area contributed by atoms with E-state index in [-0.39, 0.29) is 0 Å². The van der Waals surface area contributed by atoms with Gasteiger partial charge in [0.15, 0.2) is 0 Å². The highest BCUT2D eigenvalue weighted by Gasteiger charge is 1.98. The van der Waals surface area contributed by atoms with Crippen LogP contribution in [0.2, 0.25) is 0 Å². The standard InChI is InChI=1S/C12H10O2S/c13-8-10-3-5-12(6-4-10)15-9-11-2-1-7-14-11/h1-8H,9H2. The Bertz CT molecular complexity index is 417. The van der Waals surface area contributed by atoms with E-state index in [1.54, 1.807) is 18.0 Å². The first kappa shape index (κ1) is 10.1. The second-order valence-corrected chi connectivity index (χ2v) is 4.10. The second kappa shape index (κ2) is 4.84. The molecule has 1 heterocycles. The molecule has 0 spiro atoms. The van der Waals surface area contributed by atoms with Crippen LogP contribution >= 0.6 is 11.8 Å². The summed E-state index contributed by atoms with van der Waals surface area (Å²) >= 11 is 1.69. The van der Waals surface area contributed by atoms with E-state index in [9.17, 15) is 4.79 Å². The Kier molecular flexibility index (Phi) is 3.25. The number of benzene rings is 1. The Morgan fingerprint density at radius 3 is 2.60 bits per heavy atom. The summed E-state index contributed by atoms with van der Waals surface area (Å²) in [6, 6.07) is 11.3. The molecular weight excluding hydrogens is 208 g/mol. The Hall–Kier alpha value is -1.48. The van der Waals surface area contributed by atoms with Gasteiger partial charge in [-0.2, -0.15) is 0 Å². The SMILES string of the molecule is O=Cc1ccc(SCc2ccco2)cc1. The lowest BCUT2D eigenvalue weighted by molar-refractivity contribution is 0.112. The maximum absolute atomic E-state index is 10.4. The molecule has 2 aromatic rings. The molecular formula is C12H10O2S. The van der Waals surface area contributed by atoms with Gasteiger partial charge in [0.2, 0.25) is 0 Å². The molecule has 0 aliphatic carbocycles. The quantitative estimate of drug-likeness (QED) is 0.582. The monoisotopic (exact) mass is 218 g/mol. The molecule has 1 aromatic heterocycles. The van der Waals surface area contributed by atoms with Gasteiger partial charge in [-0.15, -0.1) is 11.8 Å². The van der Waals surface area contributed by atoms with Crippen LogP contribution in [-0.2, 0) is 5.75 Å². The van der Waals surface area contributed by atoms with E-state index in [1.165, 1.54) is 0 Å². The van der Waals surface area contributed by atoms with Gasteiger partial charge >= 0.3 is 0 Å². The average Bonchev–Trinajstić information content (AvgIpc) is 2.80. The highest BCUT2D eigenvalue weighted by Crippen LogP contribution is 2.22. The highest BCUT2D eigenvalue weighted by atomic mass is 32.2. The molecule has 0 saturated carbocycles. The van der Waals surface area contributed by atoms with Crippen molar-refractivity contribution in [3.63, 3.8) is 0 Å². The third kappa shape index (κ3) is 2.73. The van der Waals surface area contributed by atoms with Crippen molar-refractivity contribution in [2.75, 3.05) is 0 Å². The number of furan rings is 1. The van der Waals surface area contributed by atoms with E-state index in [4.69, 9.17) is 4.42 Å². The molecule has 3 heteroatoms. The predicted molar refractivity (Wildman–Crippen MR) is 60.1 cm³/mol. The van der Waals surface area contributed by atoms with Crippen LogP contribution in [0.4, 0.5) is 0 Å². The number of hydrogen-bond acceptors (Lipinski definition) is 3. The van der Waals surface area contributed by atoms with Crippen molar-refractivity contribution in [3.8, 4) is 0 Å². The zero-order valence-corrected chi connectivity index (χ0v) is 8.87. The minimum absolute atomic E-state index is 0.706. The summed E-state index contributed by atoms with van der Waals surface area (Å²) < 4.78 is 5.22. The zero-order valence-electron chi connectivity index (χ0n) is 8.05. The molecule has 0 N–H and O–H groups in total. The van der Waals surface area contributed by atoms with E-state index in [0.717, 1.165) is 22.7 Å². The van der Waals surface area contributed by atoms with E-state index >= 15 is 0 Å². The van der Waals surface area contributed by atoms with Crippen LogP contribution < -0.4 is 0 Å². The maximum atomic E-state index is 10.4. The fourth-order valence-electron chi connectivity index (χ4n) is 1.19. The molecule has 2 rings (SSSR count). The molecule has 2 nitrogen and oxygen atoms in total. The summed E-state index contributed by atoms with van der Waals surface area (Å²) in [6.45, 7) is 0. The molecule has 0 saturated heterocycles. The molecule has 0 aliphatic rings. The van der Waals surface area contributed by atoms with E-state index in [0.29, 0.717) is 5.56 Å². The van der Waals surface area contributed by atoms with Gasteiger partial charge in [-0.05, 0) is 24.3 Å². The lowest BCUT2D eigenvalue weighted by atomic mass is 10.2. The first-order chi connectivity index (χ1) is 7.38. The summed E-state index contributed by atoms with van der Waals surface area (Å²) in [7, 11) is 0. The van der Waals surface area contributed by atoms with Crippen molar-refractivity contribution >= 4 is 18.0 Å². The molecule has 0 amide bonds. The molecule has 0 unspecified atom stereocenters. The largest absolute Gasteiger partial charge is 0.468 e. The Morgan fingerprint density at radius 1 is 1.20 bits per heavy atom. The van der Waals surface area contributed by atoms with E-state index < -0.39 is 0 Å². The summed E-state index contributed by atoms with van der Waals surface area (Å²) in [5.74, 6) is 1.77. The highest BCUT2D eigenvalue weighted by molar-refractivity contribution is 7.98. The van der Waals surface area contributed by atoms with Crippen molar-refractivity contribution in [3.05, 3.63) is 54.0 Å². The van der Waals surface area contributed by atoms with Gasteiger partial charge in [-0.25, -0.2) is 0 Å². The molecule has 0 radical (unpaired) electrons. The van der Waals surface area contributed by atoms with Gasteiger partial charge in [-0.3, -0.25) is 4.79 Å². The van der Waals surface area contributed by atoms with Crippen LogP contribution in [0, 0.1) is 0 Å². The fraction of sp³-hybridized carbons (Fsp3) is 0.0833. The molecule has 0 atom stereocenters. The maximum Gasteiger partial charge on any atom is 0.150 e. The minimum atomic E-state index is 0.706. The minimum Gasteiger partial charge on any atom is -0.468 e. The van der Waals surface area contributed by atoms with Crippen molar-refractivity contribution < 1.29 is 9.21 Å². The first-order valence-electron chi connectivity index (χ1n) is 4.59. The Labute approximate surface area is 92.3 Å². The van der Waals surface area contributed by atoms with Crippen LogP contribution in [0.1, 0.15) is 16.1 Å².